The zero-order chi connectivity index (χ0) is 78.8. The fourth-order valence-corrected chi connectivity index (χ4v) is 9.02. The maximum absolute atomic E-state index is 13.8. The smallest absolute Gasteiger partial charge is 0.488 e. The normalized spacial score (nSPS) is 9.92. The van der Waals surface area contributed by atoms with Crippen molar-refractivity contribution in [3.8, 4) is 70.2 Å². The zero-order valence-electron chi connectivity index (χ0n) is 58.6. The van der Waals surface area contributed by atoms with Gasteiger partial charge in [-0.15, -0.1) is 0 Å². The lowest BCUT2D eigenvalue weighted by molar-refractivity contribution is -0.400. The van der Waals surface area contributed by atoms with Gasteiger partial charge in [0.15, 0.2) is 57.8 Å². The quantitative estimate of drug-likeness (QED) is 0.00991. The zero-order valence-corrected chi connectivity index (χ0v) is 60.8. The van der Waals surface area contributed by atoms with Crippen molar-refractivity contribution in [2.75, 3.05) is 87.1 Å². The Morgan fingerprint density at radius 1 is 0.495 bits per heavy atom. The van der Waals surface area contributed by atoms with Gasteiger partial charge in [0.25, 0.3) is 0 Å². The number of aldehydes is 1. The number of hydrogen-bond acceptors (Lipinski definition) is 24. The maximum Gasteiger partial charge on any atom is 0.488 e. The van der Waals surface area contributed by atoms with Crippen molar-refractivity contribution in [3.05, 3.63) is 258 Å². The van der Waals surface area contributed by atoms with Crippen LogP contribution in [0.25, 0.3) is 17.3 Å². The molecule has 25 nitrogen and oxygen atoms in total. The lowest BCUT2D eigenvalue weighted by atomic mass is 9.80. The highest BCUT2D eigenvalue weighted by atomic mass is 35.5. The number of anilines is 2. The van der Waals surface area contributed by atoms with Crippen LogP contribution in [0.15, 0.2) is 164 Å². The standard InChI is InChI=1S/C21H19FN4O2.C14H15ClFN3O2.C9H8FNO3.C9H12FNO.C8H7FO2.C7H6BNO2.C5H4Cl2N2O/c1-27-19-7-6-14(11-17(19)22)8-9-24-20-12-18(25-21(26-20)28-2)16-5-3-4-15(10-16)13-23;1-20-11-4-3-9(7-10(11)16)5-6-17-13-8-12(15)18-14(19-13)21-2;1-14-9-3-2-7(6-8(9)10)4-5-11(12)13;1-12-9-3-2-7(4-5-11)6-8(9)10;1-11-8-3-2-6(5-10)4-7(8)9;9-5-6-2-1-3-7(4-6)8(10)11;1-10-5-8-3(6)2-4(7)9-5/h3-7,10-12H,8-9H2,1-2H3,(H,24,25,26);3-4,7-8H,5-6H2,1-2H3,(H,17,18,19);2-6H,1H3;2-3,6H,4-5,11H2,1H3;2-5H,1H3;1-4,10-11H;2H,1H3/b;;5-4+;;;;. The Kier molecular flexibility index (Phi) is 38.7. The summed E-state index contributed by atoms with van der Waals surface area (Å²) in [5, 5.41) is 52.0. The van der Waals surface area contributed by atoms with E-state index < -0.39 is 23.7 Å². The summed E-state index contributed by atoms with van der Waals surface area (Å²) >= 11 is 16.9. The molecule has 0 bridgehead atoms. The summed E-state index contributed by atoms with van der Waals surface area (Å²) in [6.45, 7) is 1.65. The third-order valence-electron chi connectivity index (χ3n) is 13.6. The first-order valence-electron chi connectivity index (χ1n) is 31.1. The Bertz CT molecular complexity index is 4610. The summed E-state index contributed by atoms with van der Waals surface area (Å²) in [6.07, 6.45) is 4.48. The van der Waals surface area contributed by atoms with Crippen molar-refractivity contribution in [1.29, 1.82) is 10.5 Å². The number of benzene rings is 7. The van der Waals surface area contributed by atoms with Crippen LogP contribution in [0.4, 0.5) is 33.6 Å². The molecule has 0 spiro atoms. The summed E-state index contributed by atoms with van der Waals surface area (Å²) in [5.41, 5.74) is 11.4. The van der Waals surface area contributed by atoms with E-state index in [9.17, 15) is 36.9 Å². The van der Waals surface area contributed by atoms with E-state index in [1.54, 1.807) is 66.7 Å². The molecule has 0 aliphatic carbocycles. The maximum atomic E-state index is 13.8. The Morgan fingerprint density at radius 2 is 0.888 bits per heavy atom. The van der Waals surface area contributed by atoms with Gasteiger partial charge in [0, 0.05) is 48.5 Å². The van der Waals surface area contributed by atoms with E-state index in [1.807, 2.05) is 30.3 Å². The number of hydrogen-bond donors (Lipinski definition) is 5. The van der Waals surface area contributed by atoms with Crippen LogP contribution in [0, 0.1) is 61.9 Å². The summed E-state index contributed by atoms with van der Waals surface area (Å²) in [4.78, 5) is 43.5. The lowest BCUT2D eigenvalue weighted by Crippen LogP contribution is -2.29. The Hall–Kier alpha value is -12.0. The van der Waals surface area contributed by atoms with Crippen molar-refractivity contribution in [1.82, 2.24) is 29.9 Å². The first kappa shape index (κ1) is 87.4. The highest BCUT2D eigenvalue weighted by molar-refractivity contribution is 6.58. The van der Waals surface area contributed by atoms with Crippen LogP contribution in [0.2, 0.25) is 15.5 Å². The van der Waals surface area contributed by atoms with Crippen molar-refractivity contribution in [2.24, 2.45) is 5.73 Å². The number of nitro groups is 1. The number of ether oxygens (including phenoxy) is 8. The van der Waals surface area contributed by atoms with E-state index in [-0.39, 0.29) is 74.5 Å². The monoisotopic (exact) mass is 1530 g/mol. The van der Waals surface area contributed by atoms with Crippen LogP contribution >= 0.6 is 34.8 Å². The summed E-state index contributed by atoms with van der Waals surface area (Å²) in [5.74, 6) is -0.0159. The topological polar surface area (TPSA) is 350 Å². The molecule has 0 amide bonds. The van der Waals surface area contributed by atoms with Crippen LogP contribution in [-0.4, -0.2) is 135 Å². The molecule has 560 valence electrons. The number of halogens is 8. The van der Waals surface area contributed by atoms with Crippen LogP contribution in [0.5, 0.6) is 46.8 Å². The predicted octanol–water partition coefficient (Wildman–Crippen LogP) is 12.9. The van der Waals surface area contributed by atoms with Gasteiger partial charge >= 0.3 is 25.1 Å². The number of nitrogens with zero attached hydrogens (tertiary/aromatic N) is 9. The first-order valence-corrected chi connectivity index (χ1v) is 32.2. The number of methoxy groups -OCH3 is 8. The fourth-order valence-electron chi connectivity index (χ4n) is 8.43. The molecule has 7 aromatic carbocycles. The van der Waals surface area contributed by atoms with E-state index >= 15 is 0 Å². The highest BCUT2D eigenvalue weighted by Crippen LogP contribution is 2.26. The SMILES string of the molecule is COc1ccc(/C=C/[N+](=O)[O-])cc1F.COc1ccc(C=O)cc1F.COc1ccc(CCN)cc1F.COc1nc(Cl)cc(Cl)n1.COc1nc(Cl)cc(NCCc2ccc(OC)c(F)c2)n1.COc1nc(NCCc2ccc(OC)c(F)c2)cc(-c2cccc(C#N)c2)n1.N#Cc1cccc(B(O)O)c1. The number of nitrogens with two attached hydrogens (primary N) is 1. The number of rotatable bonds is 23. The number of carbonyl (C=O) groups is 1. The molecule has 3 aromatic heterocycles. The molecule has 10 rings (SSSR count). The average Bonchev–Trinajstić information content (AvgIpc) is 0.831. The molecule has 34 heteroatoms. The molecule has 10 aromatic rings. The van der Waals surface area contributed by atoms with Crippen LogP contribution in [-0.2, 0) is 19.3 Å². The second kappa shape index (κ2) is 47.4. The van der Waals surface area contributed by atoms with Gasteiger partial charge < -0.3 is 64.3 Å². The minimum absolute atomic E-state index is 0.114. The average molecular weight is 1540 g/mol. The molecule has 0 saturated carbocycles. The van der Waals surface area contributed by atoms with Crippen molar-refractivity contribution >= 4 is 71.4 Å². The van der Waals surface area contributed by atoms with Gasteiger partial charge in [-0.3, -0.25) is 14.9 Å². The molecule has 0 atom stereocenters. The highest BCUT2D eigenvalue weighted by Gasteiger charge is 2.13. The molecule has 0 radical (unpaired) electrons. The van der Waals surface area contributed by atoms with E-state index in [0.29, 0.717) is 95.4 Å². The molecular weight excluding hydrogens is 1470 g/mol. The van der Waals surface area contributed by atoms with E-state index in [4.69, 9.17) is 89.5 Å². The molecular formula is C73H71BCl3F5N12O13. The van der Waals surface area contributed by atoms with Crippen molar-refractivity contribution in [2.45, 2.75) is 19.3 Å². The largest absolute Gasteiger partial charge is 0.494 e. The minimum Gasteiger partial charge on any atom is -0.494 e. The summed E-state index contributed by atoms with van der Waals surface area (Å²) in [7, 11) is 9.96. The van der Waals surface area contributed by atoms with Gasteiger partial charge in [0.1, 0.15) is 33.4 Å². The van der Waals surface area contributed by atoms with Gasteiger partial charge in [0.2, 0.25) is 6.20 Å². The van der Waals surface area contributed by atoms with Crippen LogP contribution in [0.1, 0.15) is 43.7 Å². The second-order valence-corrected chi connectivity index (χ2v) is 22.0. The predicted molar refractivity (Wildman–Crippen MR) is 395 cm³/mol. The van der Waals surface area contributed by atoms with Crippen molar-refractivity contribution in [3.63, 3.8) is 0 Å². The van der Waals surface area contributed by atoms with Gasteiger partial charge in [0.05, 0.1) is 90.8 Å². The Morgan fingerprint density at radius 3 is 1.30 bits per heavy atom. The van der Waals surface area contributed by atoms with Gasteiger partial charge in [-0.2, -0.15) is 40.4 Å². The number of carbonyl (C=O) groups excluding carboxylic acids is 1. The van der Waals surface area contributed by atoms with E-state index in [1.165, 1.54) is 124 Å². The van der Waals surface area contributed by atoms with Crippen molar-refractivity contribution < 1.29 is 79.6 Å². The summed E-state index contributed by atoms with van der Waals surface area (Å²) in [6, 6.07) is 45.6. The Balaban J connectivity index is 0.000000274. The molecule has 6 N–H and O–H groups in total. The third-order valence-corrected chi connectivity index (χ3v) is 14.2. The number of nitriles is 2. The van der Waals surface area contributed by atoms with Gasteiger partial charge in [-0.05, 0) is 145 Å². The first-order chi connectivity index (χ1) is 51.4. The molecule has 0 saturated heterocycles. The summed E-state index contributed by atoms with van der Waals surface area (Å²) < 4.78 is 105. The van der Waals surface area contributed by atoms with Gasteiger partial charge in [-0.1, -0.05) is 83.3 Å². The third kappa shape index (κ3) is 31.5. The van der Waals surface area contributed by atoms with Crippen LogP contribution < -0.4 is 59.7 Å². The number of nitrogens with one attached hydrogen (secondary N) is 2. The molecule has 0 aliphatic heterocycles. The van der Waals surface area contributed by atoms with Crippen LogP contribution in [0.3, 0.4) is 0 Å². The molecule has 3 heterocycles. The minimum atomic E-state index is -1.50. The number of aromatic nitrogens is 6. The lowest BCUT2D eigenvalue weighted by Gasteiger charge is -2.10. The van der Waals surface area contributed by atoms with E-state index in [0.717, 1.165) is 34.5 Å². The molecule has 0 fully saturated rings. The Labute approximate surface area is 628 Å². The second-order valence-electron chi connectivity index (χ2n) is 20.8. The molecule has 107 heavy (non-hydrogen) atoms. The molecule has 0 aliphatic rings. The van der Waals surface area contributed by atoms with Gasteiger partial charge in [-0.25, -0.2) is 22.0 Å². The fraction of sp³-hybridized carbons (Fsp3) is 0.192. The molecule has 0 unspecified atom stereocenters. The van der Waals surface area contributed by atoms with E-state index in [2.05, 4.69) is 56.1 Å².